The quantitative estimate of drug-likeness (QED) is 0.709. The molecule has 3 rings (SSSR count). The fourth-order valence-electron chi connectivity index (χ4n) is 3.22. The molecule has 3 N–H and O–H groups in total. The molecular weight excluding hydrogens is 376 g/mol. The molecule has 0 spiro atoms. The van der Waals surface area contributed by atoms with Crippen LogP contribution in [0.25, 0.3) is 0 Å². The number of rotatable bonds is 6. The number of carbonyl (C=O) groups is 1. The lowest BCUT2D eigenvalue weighted by Crippen LogP contribution is -2.42. The summed E-state index contributed by atoms with van der Waals surface area (Å²) in [4.78, 5) is 19.0. The first-order valence-corrected chi connectivity index (χ1v) is 10.3. The molecule has 0 atom stereocenters. The fraction of sp³-hybridized carbons (Fsp3) is 0.458. The van der Waals surface area contributed by atoms with Crippen molar-refractivity contribution >= 4 is 11.6 Å². The maximum atomic E-state index is 12.2. The standard InChI is InChI=1S/C18H22N2O.C5H12N2O.CH4/c1-3-20(4-2)18(21)16-10-8-14(9-11-16)12-15-6-5-7-17(19)13-15;1-8-7-4-2-6-3-5-7;/h5-11,13H,3-4,12,19H2,1-2H3;6H,2-5H2,1H3;1H4. The summed E-state index contributed by atoms with van der Waals surface area (Å²) >= 11 is 0. The number of amides is 1. The third-order valence-electron chi connectivity index (χ3n) is 4.94. The molecular formula is C24H38N4O2. The van der Waals surface area contributed by atoms with Crippen molar-refractivity contribution in [3.63, 3.8) is 0 Å². The Labute approximate surface area is 182 Å². The van der Waals surface area contributed by atoms with E-state index in [1.165, 1.54) is 11.1 Å². The van der Waals surface area contributed by atoms with Crippen LogP contribution in [0, 0.1) is 0 Å². The Bertz CT molecular complexity index is 739. The number of hydroxylamine groups is 2. The average molecular weight is 415 g/mol. The zero-order valence-corrected chi connectivity index (χ0v) is 17.9. The third kappa shape index (κ3) is 8.14. The molecule has 0 aliphatic carbocycles. The van der Waals surface area contributed by atoms with Gasteiger partial charge in [0.2, 0.25) is 0 Å². The molecule has 2 aromatic rings. The highest BCUT2D eigenvalue weighted by Gasteiger charge is 2.11. The Balaban J connectivity index is 0.000000421. The molecule has 1 saturated heterocycles. The van der Waals surface area contributed by atoms with E-state index in [1.807, 2.05) is 66.3 Å². The number of benzene rings is 2. The Morgan fingerprint density at radius 3 is 2.20 bits per heavy atom. The Hall–Kier alpha value is -2.41. The monoisotopic (exact) mass is 414 g/mol. The number of nitrogens with one attached hydrogen (secondary N) is 1. The number of hydrogen-bond donors (Lipinski definition) is 2. The van der Waals surface area contributed by atoms with Crippen LogP contribution in [0.2, 0.25) is 0 Å². The van der Waals surface area contributed by atoms with Crippen LogP contribution in [0.4, 0.5) is 5.69 Å². The highest BCUT2D eigenvalue weighted by molar-refractivity contribution is 5.94. The molecule has 0 unspecified atom stereocenters. The zero-order valence-electron chi connectivity index (χ0n) is 17.9. The van der Waals surface area contributed by atoms with Gasteiger partial charge in [0.15, 0.2) is 0 Å². The zero-order chi connectivity index (χ0) is 21.1. The molecule has 6 heteroatoms. The number of piperazine rings is 1. The summed E-state index contributed by atoms with van der Waals surface area (Å²) in [6, 6.07) is 15.7. The van der Waals surface area contributed by atoms with Crippen LogP contribution in [0.15, 0.2) is 48.5 Å². The molecule has 6 nitrogen and oxygen atoms in total. The van der Waals surface area contributed by atoms with E-state index >= 15 is 0 Å². The van der Waals surface area contributed by atoms with Crippen LogP contribution in [0.3, 0.4) is 0 Å². The fourth-order valence-corrected chi connectivity index (χ4v) is 3.22. The maximum Gasteiger partial charge on any atom is 0.253 e. The first-order valence-electron chi connectivity index (χ1n) is 10.3. The molecule has 166 valence electrons. The van der Waals surface area contributed by atoms with Gasteiger partial charge in [-0.3, -0.25) is 4.79 Å². The Morgan fingerprint density at radius 2 is 1.70 bits per heavy atom. The Morgan fingerprint density at radius 1 is 1.07 bits per heavy atom. The van der Waals surface area contributed by atoms with Gasteiger partial charge >= 0.3 is 0 Å². The van der Waals surface area contributed by atoms with Gasteiger partial charge in [-0.15, -0.1) is 0 Å². The molecule has 0 radical (unpaired) electrons. The molecule has 0 saturated carbocycles. The summed E-state index contributed by atoms with van der Waals surface area (Å²) in [6.07, 6.45) is 0.824. The number of carbonyl (C=O) groups excluding carboxylic acids is 1. The van der Waals surface area contributed by atoms with E-state index < -0.39 is 0 Å². The van der Waals surface area contributed by atoms with Crippen molar-refractivity contribution in [1.29, 1.82) is 0 Å². The largest absolute Gasteiger partial charge is 0.399 e. The predicted molar refractivity (Wildman–Crippen MR) is 126 cm³/mol. The van der Waals surface area contributed by atoms with Crippen molar-refractivity contribution < 1.29 is 9.63 Å². The van der Waals surface area contributed by atoms with Crippen LogP contribution < -0.4 is 11.1 Å². The average Bonchev–Trinajstić information content (AvgIpc) is 2.76. The van der Waals surface area contributed by atoms with E-state index in [9.17, 15) is 4.79 Å². The summed E-state index contributed by atoms with van der Waals surface area (Å²) in [5.74, 6) is 0.0931. The second-order valence-corrected chi connectivity index (χ2v) is 6.96. The molecule has 0 bridgehead atoms. The second kappa shape index (κ2) is 13.7. The predicted octanol–water partition coefficient (Wildman–Crippen LogP) is 3.43. The van der Waals surface area contributed by atoms with Crippen molar-refractivity contribution in [2.75, 3.05) is 52.1 Å². The van der Waals surface area contributed by atoms with Gasteiger partial charge in [0.1, 0.15) is 0 Å². The van der Waals surface area contributed by atoms with Crippen molar-refractivity contribution in [2.24, 2.45) is 0 Å². The number of nitrogens with zero attached hydrogens (tertiary/aromatic N) is 2. The SMILES string of the molecule is C.CCN(CC)C(=O)c1ccc(Cc2cccc(N)c2)cc1.CON1CCNCC1. The molecule has 1 fully saturated rings. The molecule has 2 aromatic carbocycles. The highest BCUT2D eigenvalue weighted by Crippen LogP contribution is 2.14. The summed E-state index contributed by atoms with van der Waals surface area (Å²) in [5.41, 5.74) is 9.67. The lowest BCUT2D eigenvalue weighted by atomic mass is 10.0. The van der Waals surface area contributed by atoms with Crippen LogP contribution >= 0.6 is 0 Å². The van der Waals surface area contributed by atoms with Gasteiger partial charge in [-0.05, 0) is 55.7 Å². The van der Waals surface area contributed by atoms with Gasteiger partial charge in [-0.1, -0.05) is 31.7 Å². The maximum absolute atomic E-state index is 12.2. The van der Waals surface area contributed by atoms with Gasteiger partial charge in [0.25, 0.3) is 5.91 Å². The number of hydrogen-bond acceptors (Lipinski definition) is 5. The number of nitrogen functional groups attached to an aromatic ring is 1. The minimum atomic E-state index is 0. The van der Waals surface area contributed by atoms with Crippen LogP contribution in [-0.4, -0.2) is 62.2 Å². The van der Waals surface area contributed by atoms with Crippen LogP contribution in [0.1, 0.15) is 42.8 Å². The lowest BCUT2D eigenvalue weighted by molar-refractivity contribution is -0.136. The Kier molecular flexibility index (Phi) is 11.7. The van der Waals surface area contributed by atoms with E-state index in [1.54, 1.807) is 7.11 Å². The topological polar surface area (TPSA) is 70.8 Å². The van der Waals surface area contributed by atoms with E-state index in [2.05, 4.69) is 11.4 Å². The van der Waals surface area contributed by atoms with E-state index in [0.717, 1.165) is 56.9 Å². The summed E-state index contributed by atoms with van der Waals surface area (Å²) in [7, 11) is 1.71. The van der Waals surface area contributed by atoms with Crippen molar-refractivity contribution in [3.8, 4) is 0 Å². The summed E-state index contributed by atoms with van der Waals surface area (Å²) in [6.45, 7) is 9.58. The van der Waals surface area contributed by atoms with E-state index in [0.29, 0.717) is 0 Å². The van der Waals surface area contributed by atoms with Crippen LogP contribution in [0.5, 0.6) is 0 Å². The smallest absolute Gasteiger partial charge is 0.253 e. The first kappa shape index (κ1) is 25.6. The molecule has 30 heavy (non-hydrogen) atoms. The van der Waals surface area contributed by atoms with Crippen molar-refractivity contribution in [2.45, 2.75) is 27.7 Å². The lowest BCUT2D eigenvalue weighted by Gasteiger charge is -2.24. The molecule has 1 aliphatic rings. The van der Waals surface area contributed by atoms with Crippen molar-refractivity contribution in [1.82, 2.24) is 15.3 Å². The minimum Gasteiger partial charge on any atom is -0.399 e. The van der Waals surface area contributed by atoms with E-state index in [-0.39, 0.29) is 13.3 Å². The van der Waals surface area contributed by atoms with Gasteiger partial charge in [0.05, 0.1) is 7.11 Å². The third-order valence-corrected chi connectivity index (χ3v) is 4.94. The number of anilines is 1. The number of nitrogens with two attached hydrogens (primary N) is 1. The molecule has 0 aromatic heterocycles. The van der Waals surface area contributed by atoms with Gasteiger partial charge < -0.3 is 20.8 Å². The minimum absolute atomic E-state index is 0. The van der Waals surface area contributed by atoms with Gasteiger partial charge in [0, 0.05) is 50.5 Å². The molecule has 1 aliphatic heterocycles. The van der Waals surface area contributed by atoms with E-state index in [4.69, 9.17) is 10.6 Å². The summed E-state index contributed by atoms with van der Waals surface area (Å²) in [5, 5.41) is 5.18. The van der Waals surface area contributed by atoms with Crippen LogP contribution in [-0.2, 0) is 11.3 Å². The normalized spacial score (nSPS) is 13.6. The van der Waals surface area contributed by atoms with Crippen molar-refractivity contribution in [3.05, 3.63) is 65.2 Å². The van der Waals surface area contributed by atoms with Gasteiger partial charge in [-0.2, -0.15) is 5.06 Å². The van der Waals surface area contributed by atoms with Gasteiger partial charge in [-0.25, -0.2) is 0 Å². The molecule has 1 amide bonds. The highest BCUT2D eigenvalue weighted by atomic mass is 16.7. The second-order valence-electron chi connectivity index (χ2n) is 6.96. The summed E-state index contributed by atoms with van der Waals surface area (Å²) < 4.78 is 0. The first-order chi connectivity index (χ1) is 14.1. The molecule has 1 heterocycles.